The van der Waals surface area contributed by atoms with Crippen LogP contribution in [-0.4, -0.2) is 11.1 Å². The first-order valence-corrected chi connectivity index (χ1v) is 6.13. The maximum absolute atomic E-state index is 5.51. The molecule has 80 valence electrons. The minimum Gasteiger partial charge on any atom is -0.354 e. The zero-order chi connectivity index (χ0) is 10.5. The molecule has 2 rings (SSSR count). The fraction of sp³-hybridized carbons (Fsp3) is 0.333. The third-order valence-electron chi connectivity index (χ3n) is 2.44. The summed E-state index contributed by atoms with van der Waals surface area (Å²) in [4.78, 5) is 1.45. The van der Waals surface area contributed by atoms with Crippen LogP contribution in [0.25, 0.3) is 0 Å². The van der Waals surface area contributed by atoms with Gasteiger partial charge < -0.3 is 10.3 Å². The SMILES string of the molecule is NCCc1ccn(CCc2cccs2)c1. The summed E-state index contributed by atoms with van der Waals surface area (Å²) in [6, 6.07) is 6.45. The summed E-state index contributed by atoms with van der Waals surface area (Å²) < 4.78 is 2.24. The number of nitrogens with zero attached hydrogens (tertiary/aromatic N) is 1. The molecule has 0 spiro atoms. The monoisotopic (exact) mass is 220 g/mol. The van der Waals surface area contributed by atoms with E-state index in [1.54, 1.807) is 0 Å². The molecule has 0 saturated heterocycles. The predicted octanol–water partition coefficient (Wildman–Crippen LogP) is 2.29. The van der Waals surface area contributed by atoms with Crippen molar-refractivity contribution in [3.05, 3.63) is 46.4 Å². The van der Waals surface area contributed by atoms with E-state index in [1.165, 1.54) is 10.4 Å². The Bertz CT molecular complexity index is 389. The largest absolute Gasteiger partial charge is 0.354 e. The highest BCUT2D eigenvalue weighted by atomic mass is 32.1. The highest BCUT2D eigenvalue weighted by molar-refractivity contribution is 7.09. The average molecular weight is 220 g/mol. The standard InChI is InChI=1S/C12H16N2S/c13-6-3-11-4-7-14(10-11)8-5-12-2-1-9-15-12/h1-2,4,7,9-10H,3,5-6,8,13H2. The highest BCUT2D eigenvalue weighted by Crippen LogP contribution is 2.11. The number of rotatable bonds is 5. The van der Waals surface area contributed by atoms with Gasteiger partial charge in [-0.1, -0.05) is 6.07 Å². The van der Waals surface area contributed by atoms with Gasteiger partial charge in [-0.05, 0) is 42.5 Å². The normalized spacial score (nSPS) is 10.7. The van der Waals surface area contributed by atoms with Gasteiger partial charge in [0.1, 0.15) is 0 Å². The van der Waals surface area contributed by atoms with Gasteiger partial charge in [0, 0.05) is 23.8 Å². The van der Waals surface area contributed by atoms with Crippen molar-refractivity contribution in [2.24, 2.45) is 5.73 Å². The Balaban J connectivity index is 1.88. The molecule has 2 aromatic heterocycles. The molecule has 0 radical (unpaired) electrons. The van der Waals surface area contributed by atoms with Crippen LogP contribution in [0.5, 0.6) is 0 Å². The number of aryl methyl sites for hydroxylation is 2. The maximum Gasteiger partial charge on any atom is 0.0268 e. The summed E-state index contributed by atoms with van der Waals surface area (Å²) in [6.07, 6.45) is 6.43. The van der Waals surface area contributed by atoms with Crippen LogP contribution in [0.2, 0.25) is 0 Å². The van der Waals surface area contributed by atoms with Crippen LogP contribution in [0.3, 0.4) is 0 Å². The molecule has 0 unspecified atom stereocenters. The van der Waals surface area contributed by atoms with Gasteiger partial charge in [0.05, 0.1) is 0 Å². The fourth-order valence-corrected chi connectivity index (χ4v) is 2.34. The van der Waals surface area contributed by atoms with E-state index in [9.17, 15) is 0 Å². The van der Waals surface area contributed by atoms with E-state index in [0.717, 1.165) is 25.9 Å². The van der Waals surface area contributed by atoms with Gasteiger partial charge in [0.15, 0.2) is 0 Å². The lowest BCUT2D eigenvalue weighted by atomic mass is 10.2. The molecule has 0 atom stereocenters. The van der Waals surface area contributed by atoms with Crippen molar-refractivity contribution in [3.63, 3.8) is 0 Å². The van der Waals surface area contributed by atoms with Gasteiger partial charge in [0.2, 0.25) is 0 Å². The molecule has 0 saturated carbocycles. The lowest BCUT2D eigenvalue weighted by Crippen LogP contribution is -2.02. The Labute approximate surface area is 94.3 Å². The van der Waals surface area contributed by atoms with Crippen molar-refractivity contribution < 1.29 is 0 Å². The first-order valence-electron chi connectivity index (χ1n) is 5.25. The molecule has 2 nitrogen and oxygen atoms in total. The van der Waals surface area contributed by atoms with E-state index in [0.29, 0.717) is 0 Å². The number of hydrogen-bond donors (Lipinski definition) is 1. The molecule has 0 aromatic carbocycles. The minimum atomic E-state index is 0.731. The van der Waals surface area contributed by atoms with Gasteiger partial charge in [0.25, 0.3) is 0 Å². The van der Waals surface area contributed by atoms with E-state index in [-0.39, 0.29) is 0 Å². The summed E-state index contributed by atoms with van der Waals surface area (Å²) in [6.45, 7) is 1.79. The van der Waals surface area contributed by atoms with Gasteiger partial charge in [-0.2, -0.15) is 0 Å². The van der Waals surface area contributed by atoms with E-state index in [1.807, 2.05) is 11.3 Å². The van der Waals surface area contributed by atoms with Crippen molar-refractivity contribution in [1.82, 2.24) is 4.57 Å². The van der Waals surface area contributed by atoms with Crippen molar-refractivity contribution in [2.75, 3.05) is 6.54 Å². The second-order valence-corrected chi connectivity index (χ2v) is 4.66. The summed E-state index contributed by atoms with van der Waals surface area (Å²) >= 11 is 1.83. The number of hydrogen-bond acceptors (Lipinski definition) is 2. The third kappa shape index (κ3) is 2.94. The lowest BCUT2D eigenvalue weighted by Gasteiger charge is -2.00. The Morgan fingerprint density at radius 1 is 1.27 bits per heavy atom. The van der Waals surface area contributed by atoms with Crippen LogP contribution in [0.15, 0.2) is 36.0 Å². The van der Waals surface area contributed by atoms with Crippen LogP contribution in [-0.2, 0) is 19.4 Å². The van der Waals surface area contributed by atoms with E-state index in [2.05, 4.69) is 40.5 Å². The molecule has 3 heteroatoms. The first kappa shape index (κ1) is 10.5. The molecular weight excluding hydrogens is 204 g/mol. The molecule has 0 aliphatic rings. The smallest absolute Gasteiger partial charge is 0.0268 e. The zero-order valence-electron chi connectivity index (χ0n) is 8.73. The van der Waals surface area contributed by atoms with E-state index in [4.69, 9.17) is 5.73 Å². The summed E-state index contributed by atoms with van der Waals surface area (Å²) in [5.74, 6) is 0. The lowest BCUT2D eigenvalue weighted by molar-refractivity contribution is 0.704. The van der Waals surface area contributed by atoms with E-state index < -0.39 is 0 Å². The first-order chi connectivity index (χ1) is 7.38. The molecule has 0 aliphatic carbocycles. The summed E-state index contributed by atoms with van der Waals surface area (Å²) in [5, 5.41) is 2.13. The average Bonchev–Trinajstić information content (AvgIpc) is 2.85. The van der Waals surface area contributed by atoms with Crippen molar-refractivity contribution >= 4 is 11.3 Å². The minimum absolute atomic E-state index is 0.731. The van der Waals surface area contributed by atoms with Gasteiger partial charge in [-0.3, -0.25) is 0 Å². The quantitative estimate of drug-likeness (QED) is 0.823. The molecule has 15 heavy (non-hydrogen) atoms. The molecule has 2 aromatic rings. The van der Waals surface area contributed by atoms with E-state index >= 15 is 0 Å². The molecule has 0 bridgehead atoms. The Morgan fingerprint density at radius 2 is 2.20 bits per heavy atom. The van der Waals surface area contributed by atoms with Crippen LogP contribution >= 0.6 is 11.3 Å². The molecule has 2 N–H and O–H groups in total. The second-order valence-electron chi connectivity index (χ2n) is 3.63. The van der Waals surface area contributed by atoms with Gasteiger partial charge >= 0.3 is 0 Å². The Kier molecular flexibility index (Phi) is 3.59. The highest BCUT2D eigenvalue weighted by Gasteiger charge is 1.97. The van der Waals surface area contributed by atoms with Crippen molar-refractivity contribution in [1.29, 1.82) is 0 Å². The van der Waals surface area contributed by atoms with Crippen LogP contribution in [0, 0.1) is 0 Å². The molecule has 2 heterocycles. The summed E-state index contributed by atoms with van der Waals surface area (Å²) in [5.41, 5.74) is 6.85. The van der Waals surface area contributed by atoms with Gasteiger partial charge in [-0.15, -0.1) is 11.3 Å². The maximum atomic E-state index is 5.51. The third-order valence-corrected chi connectivity index (χ3v) is 3.38. The summed E-state index contributed by atoms with van der Waals surface area (Å²) in [7, 11) is 0. The van der Waals surface area contributed by atoms with Crippen molar-refractivity contribution in [3.8, 4) is 0 Å². The Hall–Kier alpha value is -1.06. The topological polar surface area (TPSA) is 30.9 Å². The van der Waals surface area contributed by atoms with Crippen molar-refractivity contribution in [2.45, 2.75) is 19.4 Å². The second kappa shape index (κ2) is 5.14. The number of thiophene rings is 1. The molecule has 0 aliphatic heterocycles. The number of aromatic nitrogens is 1. The van der Waals surface area contributed by atoms with Crippen LogP contribution in [0.4, 0.5) is 0 Å². The molecule has 0 fully saturated rings. The molecule has 0 amide bonds. The molecular formula is C12H16N2S. The predicted molar refractivity (Wildman–Crippen MR) is 65.2 cm³/mol. The fourth-order valence-electron chi connectivity index (χ4n) is 1.64. The van der Waals surface area contributed by atoms with Crippen LogP contribution in [0.1, 0.15) is 10.4 Å². The van der Waals surface area contributed by atoms with Crippen LogP contribution < -0.4 is 5.73 Å². The Morgan fingerprint density at radius 3 is 2.93 bits per heavy atom. The van der Waals surface area contributed by atoms with Gasteiger partial charge in [-0.25, -0.2) is 0 Å². The zero-order valence-corrected chi connectivity index (χ0v) is 9.54. The number of nitrogens with two attached hydrogens (primary N) is 1.